The zero-order valence-corrected chi connectivity index (χ0v) is 6.24. The summed E-state index contributed by atoms with van der Waals surface area (Å²) in [4.78, 5) is 0. The molecule has 2 heteroatoms. The average Bonchev–Trinajstić information content (AvgIpc) is 1.55. The van der Waals surface area contributed by atoms with E-state index in [2.05, 4.69) is 15.9 Å². The van der Waals surface area contributed by atoms with Crippen LogP contribution in [0.5, 0.6) is 0 Å². The van der Waals surface area contributed by atoms with E-state index in [0.717, 1.165) is 24.6 Å². The van der Waals surface area contributed by atoms with Gasteiger partial charge in [-0.15, -0.1) is 0 Å². The predicted molar refractivity (Wildman–Crippen MR) is 35.0 cm³/mol. The molecule has 0 atom stereocenters. The zero-order chi connectivity index (χ0) is 5.83. The fourth-order valence-corrected chi connectivity index (χ4v) is 2.68. The van der Waals surface area contributed by atoms with Crippen LogP contribution in [0.4, 0.5) is 0 Å². The van der Waals surface area contributed by atoms with Gasteiger partial charge < -0.3 is 5.11 Å². The van der Waals surface area contributed by atoms with E-state index in [0.29, 0.717) is 5.41 Å². The van der Waals surface area contributed by atoms with Crippen LogP contribution in [0, 0.1) is 5.41 Å². The van der Waals surface area contributed by atoms with Crippen LogP contribution >= 0.6 is 15.9 Å². The number of hydrogen-bond acceptors (Lipinski definition) is 1. The van der Waals surface area contributed by atoms with Gasteiger partial charge in [0, 0.05) is 5.33 Å². The Morgan fingerprint density at radius 1 is 1.38 bits per heavy atom. The van der Waals surface area contributed by atoms with Gasteiger partial charge in [-0.1, -0.05) is 15.9 Å². The number of rotatable bonds is 1. The lowest BCUT2D eigenvalue weighted by molar-refractivity contribution is -0.246. The molecule has 0 heterocycles. The first-order valence-corrected chi connectivity index (χ1v) is 4.09. The minimum Gasteiger partial charge on any atom is -0.390 e. The summed E-state index contributed by atoms with van der Waals surface area (Å²) in [6.45, 7) is 0. The fraction of sp³-hybridized carbons (Fsp3) is 1.00. The lowest BCUT2D eigenvalue weighted by Gasteiger charge is -2.67. The minimum atomic E-state index is -0.201. The van der Waals surface area contributed by atoms with Gasteiger partial charge in [-0.05, 0) is 24.7 Å². The van der Waals surface area contributed by atoms with Crippen LogP contribution in [0.15, 0.2) is 0 Å². The molecule has 46 valence electrons. The maximum Gasteiger partial charge on any atom is 0.0664 e. The summed E-state index contributed by atoms with van der Waals surface area (Å²) in [5.74, 6) is 0. The maximum atomic E-state index is 9.25. The van der Waals surface area contributed by atoms with Crippen LogP contribution in [0.25, 0.3) is 0 Å². The molecule has 0 unspecified atom stereocenters. The molecule has 0 aromatic heterocycles. The van der Waals surface area contributed by atoms with Gasteiger partial charge in [0.25, 0.3) is 0 Å². The molecule has 2 bridgehead atoms. The second-order valence-corrected chi connectivity index (χ2v) is 3.95. The highest BCUT2D eigenvalue weighted by Crippen LogP contribution is 2.67. The molecule has 3 aliphatic rings. The Bertz CT molecular complexity index is 113. The molecule has 8 heavy (non-hydrogen) atoms. The zero-order valence-electron chi connectivity index (χ0n) is 4.65. The Kier molecular flexibility index (Phi) is 0.748. The van der Waals surface area contributed by atoms with Crippen molar-refractivity contribution in [3.05, 3.63) is 0 Å². The topological polar surface area (TPSA) is 20.2 Å². The molecule has 0 aromatic carbocycles. The molecule has 0 aromatic rings. The fourth-order valence-electron chi connectivity index (χ4n) is 2.08. The first kappa shape index (κ1) is 5.24. The molecule has 3 aliphatic carbocycles. The highest BCUT2D eigenvalue weighted by Gasteiger charge is 2.66. The van der Waals surface area contributed by atoms with E-state index in [1.165, 1.54) is 0 Å². The molecule has 0 amide bonds. The average molecular weight is 177 g/mol. The van der Waals surface area contributed by atoms with Crippen LogP contribution in [0.3, 0.4) is 0 Å². The summed E-state index contributed by atoms with van der Waals surface area (Å²) < 4.78 is 0. The Balaban J connectivity index is 2.04. The molecule has 3 fully saturated rings. The highest BCUT2D eigenvalue weighted by atomic mass is 79.9. The molecule has 3 saturated carbocycles. The first-order valence-electron chi connectivity index (χ1n) is 2.97. The SMILES string of the molecule is OC12CC(CBr)(C1)C2. The van der Waals surface area contributed by atoms with Gasteiger partial charge in [-0.3, -0.25) is 0 Å². The van der Waals surface area contributed by atoms with E-state index in [1.807, 2.05) is 0 Å². The standard InChI is InChI=1S/C6H9BrO/c7-4-5-1-6(8,2-5)3-5/h8H,1-4H2. The third kappa shape index (κ3) is 0.415. The molecular formula is C6H9BrO. The monoisotopic (exact) mass is 176 g/mol. The number of alkyl halides is 1. The Labute approximate surface area is 57.2 Å². The van der Waals surface area contributed by atoms with E-state index < -0.39 is 0 Å². The summed E-state index contributed by atoms with van der Waals surface area (Å²) in [5, 5.41) is 10.3. The summed E-state index contributed by atoms with van der Waals surface area (Å²) >= 11 is 3.43. The van der Waals surface area contributed by atoms with E-state index in [1.54, 1.807) is 0 Å². The highest BCUT2D eigenvalue weighted by molar-refractivity contribution is 9.09. The van der Waals surface area contributed by atoms with Crippen molar-refractivity contribution in [1.82, 2.24) is 0 Å². The minimum absolute atomic E-state index is 0.201. The van der Waals surface area contributed by atoms with Gasteiger partial charge in [-0.25, -0.2) is 0 Å². The van der Waals surface area contributed by atoms with E-state index in [9.17, 15) is 5.11 Å². The first-order chi connectivity index (χ1) is 3.68. The van der Waals surface area contributed by atoms with Crippen molar-refractivity contribution in [2.24, 2.45) is 5.41 Å². The number of hydrogen-bond donors (Lipinski definition) is 1. The molecule has 0 saturated heterocycles. The molecular weight excluding hydrogens is 168 g/mol. The van der Waals surface area contributed by atoms with Gasteiger partial charge in [0.15, 0.2) is 0 Å². The smallest absolute Gasteiger partial charge is 0.0664 e. The van der Waals surface area contributed by atoms with E-state index in [4.69, 9.17) is 0 Å². The molecule has 1 N–H and O–H groups in total. The second-order valence-electron chi connectivity index (χ2n) is 3.39. The largest absolute Gasteiger partial charge is 0.390 e. The van der Waals surface area contributed by atoms with Crippen LogP contribution in [0.2, 0.25) is 0 Å². The summed E-state index contributed by atoms with van der Waals surface area (Å²) in [7, 11) is 0. The van der Waals surface area contributed by atoms with E-state index in [-0.39, 0.29) is 5.60 Å². The van der Waals surface area contributed by atoms with Crippen LogP contribution in [0.1, 0.15) is 19.3 Å². The molecule has 0 spiro atoms. The molecule has 1 nitrogen and oxygen atoms in total. The molecule has 0 radical (unpaired) electrons. The van der Waals surface area contributed by atoms with Crippen molar-refractivity contribution >= 4 is 15.9 Å². The number of aliphatic hydroxyl groups is 1. The summed E-state index contributed by atoms with van der Waals surface area (Å²) in [5.41, 5.74) is 0.336. The van der Waals surface area contributed by atoms with Crippen LogP contribution in [-0.4, -0.2) is 16.0 Å². The second kappa shape index (κ2) is 1.14. The summed E-state index contributed by atoms with van der Waals surface area (Å²) in [6, 6.07) is 0. The quantitative estimate of drug-likeness (QED) is 0.598. The van der Waals surface area contributed by atoms with E-state index >= 15 is 0 Å². The number of halogens is 1. The Morgan fingerprint density at radius 2 is 1.88 bits per heavy atom. The van der Waals surface area contributed by atoms with Gasteiger partial charge in [0.1, 0.15) is 0 Å². The summed E-state index contributed by atoms with van der Waals surface area (Å²) in [6.07, 6.45) is 3.14. The van der Waals surface area contributed by atoms with Crippen LogP contribution < -0.4 is 0 Å². The normalized spacial score (nSPS) is 59.2. The van der Waals surface area contributed by atoms with Gasteiger partial charge >= 0.3 is 0 Å². The molecule has 3 rings (SSSR count). The van der Waals surface area contributed by atoms with Crippen molar-refractivity contribution in [3.8, 4) is 0 Å². The van der Waals surface area contributed by atoms with Crippen molar-refractivity contribution in [2.75, 3.05) is 5.33 Å². The van der Waals surface area contributed by atoms with Crippen molar-refractivity contribution < 1.29 is 5.11 Å². The van der Waals surface area contributed by atoms with Crippen molar-refractivity contribution in [1.29, 1.82) is 0 Å². The molecule has 0 aliphatic heterocycles. The Morgan fingerprint density at radius 3 is 2.00 bits per heavy atom. The third-order valence-electron chi connectivity index (χ3n) is 2.40. The van der Waals surface area contributed by atoms with Gasteiger partial charge in [-0.2, -0.15) is 0 Å². The van der Waals surface area contributed by atoms with Gasteiger partial charge in [0.05, 0.1) is 5.60 Å². The van der Waals surface area contributed by atoms with Gasteiger partial charge in [0.2, 0.25) is 0 Å². The van der Waals surface area contributed by atoms with Crippen molar-refractivity contribution in [3.63, 3.8) is 0 Å². The predicted octanol–water partition coefficient (Wildman–Crippen LogP) is 1.30. The van der Waals surface area contributed by atoms with Crippen LogP contribution in [-0.2, 0) is 0 Å². The lowest BCUT2D eigenvalue weighted by atomic mass is 9.42. The lowest BCUT2D eigenvalue weighted by Crippen LogP contribution is -2.67. The Hall–Kier alpha value is 0.440. The maximum absolute atomic E-state index is 9.25. The third-order valence-corrected chi connectivity index (χ3v) is 3.59. The van der Waals surface area contributed by atoms with Crippen molar-refractivity contribution in [2.45, 2.75) is 24.9 Å².